The average molecular weight is 453 g/mol. The lowest BCUT2D eigenvalue weighted by Gasteiger charge is -2.23. The van der Waals surface area contributed by atoms with Crippen molar-refractivity contribution in [1.29, 1.82) is 0 Å². The van der Waals surface area contributed by atoms with Crippen molar-refractivity contribution in [2.45, 2.75) is 44.8 Å². The van der Waals surface area contributed by atoms with Crippen LogP contribution in [0.1, 0.15) is 25.8 Å². The summed E-state index contributed by atoms with van der Waals surface area (Å²) in [6.45, 7) is 3.02. The van der Waals surface area contributed by atoms with Crippen molar-refractivity contribution in [3.8, 4) is 0 Å². The number of aliphatic carboxylic acids is 1. The molecule has 0 saturated carbocycles. The Kier molecular flexibility index (Phi) is 11.7. The maximum atomic E-state index is 12.8. The Morgan fingerprint density at radius 3 is 2.26 bits per heavy atom. The molecule has 3 amide bonds. The van der Waals surface area contributed by atoms with Gasteiger partial charge in [0, 0.05) is 6.42 Å². The van der Waals surface area contributed by atoms with Gasteiger partial charge in [0.2, 0.25) is 17.7 Å². The van der Waals surface area contributed by atoms with Crippen molar-refractivity contribution in [2.75, 3.05) is 18.6 Å². The first kappa shape index (κ1) is 26.4. The van der Waals surface area contributed by atoms with E-state index in [0.29, 0.717) is 6.42 Å². The molecule has 1 rings (SSSR count). The fraction of sp³-hybridized carbons (Fsp3) is 0.524. The van der Waals surface area contributed by atoms with Gasteiger partial charge in [-0.1, -0.05) is 44.2 Å². The van der Waals surface area contributed by atoms with Gasteiger partial charge in [-0.25, -0.2) is 4.79 Å². The molecule has 3 unspecified atom stereocenters. The number of carboxylic acids is 1. The van der Waals surface area contributed by atoms with E-state index in [9.17, 15) is 24.3 Å². The van der Waals surface area contributed by atoms with Crippen LogP contribution in [0, 0.1) is 5.92 Å². The molecule has 0 bridgehead atoms. The number of hydrogen-bond donors (Lipinski definition) is 5. The van der Waals surface area contributed by atoms with E-state index in [1.165, 1.54) is 0 Å². The highest BCUT2D eigenvalue weighted by Crippen LogP contribution is 2.07. The summed E-state index contributed by atoms with van der Waals surface area (Å²) < 4.78 is 0. The van der Waals surface area contributed by atoms with Gasteiger partial charge in [0.25, 0.3) is 0 Å². The average Bonchev–Trinajstić information content (AvgIpc) is 2.73. The number of hydrogen-bond acceptors (Lipinski definition) is 6. The maximum Gasteiger partial charge on any atom is 0.326 e. The number of benzene rings is 1. The number of carbonyl (C=O) groups is 4. The zero-order valence-electron chi connectivity index (χ0n) is 18.1. The molecule has 6 N–H and O–H groups in total. The van der Waals surface area contributed by atoms with E-state index >= 15 is 0 Å². The second kappa shape index (κ2) is 13.7. The Hall–Kier alpha value is -2.59. The smallest absolute Gasteiger partial charge is 0.326 e. The molecule has 0 radical (unpaired) electrons. The third-order valence-electron chi connectivity index (χ3n) is 4.56. The molecule has 0 aliphatic carbocycles. The van der Waals surface area contributed by atoms with Crippen LogP contribution < -0.4 is 21.7 Å². The molecule has 3 atom stereocenters. The minimum Gasteiger partial charge on any atom is -0.480 e. The first-order chi connectivity index (χ1) is 14.6. The maximum absolute atomic E-state index is 12.8. The van der Waals surface area contributed by atoms with Crippen molar-refractivity contribution in [3.05, 3.63) is 35.9 Å². The third kappa shape index (κ3) is 9.84. The van der Waals surface area contributed by atoms with Crippen molar-refractivity contribution in [1.82, 2.24) is 16.0 Å². The fourth-order valence-corrected chi connectivity index (χ4v) is 3.24. The topological polar surface area (TPSA) is 151 Å². The molecule has 172 valence electrons. The molecule has 1 aromatic carbocycles. The normalized spacial score (nSPS) is 13.7. The summed E-state index contributed by atoms with van der Waals surface area (Å²) in [5.41, 5.74) is 6.57. The van der Waals surface area contributed by atoms with Gasteiger partial charge in [-0.3, -0.25) is 14.4 Å². The minimum absolute atomic E-state index is 0.171. The standard InChI is InChI=1S/C21H32N4O5S/c1-13(2)18(21(29)30)25-20(28)16(11-14-7-5-4-6-8-14)24-17(26)12-23-19(27)15(22)9-10-31-3/h4-8,13,15-16,18H,9-12,22H2,1-3H3,(H,23,27)(H,24,26)(H,25,28)(H,29,30). The molecule has 9 nitrogen and oxygen atoms in total. The number of nitrogens with two attached hydrogens (primary N) is 1. The van der Waals surface area contributed by atoms with E-state index in [2.05, 4.69) is 16.0 Å². The quantitative estimate of drug-likeness (QED) is 0.285. The third-order valence-corrected chi connectivity index (χ3v) is 5.20. The molecular weight excluding hydrogens is 420 g/mol. The number of nitrogens with one attached hydrogen (secondary N) is 3. The van der Waals surface area contributed by atoms with Crippen molar-refractivity contribution >= 4 is 35.5 Å². The van der Waals surface area contributed by atoms with E-state index < -0.39 is 41.8 Å². The Morgan fingerprint density at radius 1 is 1.06 bits per heavy atom. The lowest BCUT2D eigenvalue weighted by Crippen LogP contribution is -2.55. The Labute approximate surface area is 186 Å². The zero-order chi connectivity index (χ0) is 23.4. The highest BCUT2D eigenvalue weighted by molar-refractivity contribution is 7.98. The van der Waals surface area contributed by atoms with Gasteiger partial charge in [0.15, 0.2) is 0 Å². The van der Waals surface area contributed by atoms with Crippen molar-refractivity contribution in [2.24, 2.45) is 11.7 Å². The molecular formula is C21H32N4O5S. The largest absolute Gasteiger partial charge is 0.480 e. The summed E-state index contributed by atoms with van der Waals surface area (Å²) in [5.74, 6) is -2.39. The lowest BCUT2D eigenvalue weighted by atomic mass is 10.0. The van der Waals surface area contributed by atoms with Crippen LogP contribution in [0.4, 0.5) is 0 Å². The van der Waals surface area contributed by atoms with Gasteiger partial charge >= 0.3 is 5.97 Å². The number of amides is 3. The second-order valence-corrected chi connectivity index (χ2v) is 8.47. The van der Waals surface area contributed by atoms with E-state index in [-0.39, 0.29) is 18.9 Å². The predicted molar refractivity (Wildman–Crippen MR) is 120 cm³/mol. The number of rotatable bonds is 13. The summed E-state index contributed by atoms with van der Waals surface area (Å²) in [6, 6.07) is 6.23. The van der Waals surface area contributed by atoms with E-state index in [1.54, 1.807) is 49.9 Å². The van der Waals surface area contributed by atoms with Crippen LogP contribution in [0.3, 0.4) is 0 Å². The summed E-state index contributed by atoms with van der Waals surface area (Å²) in [5, 5.41) is 16.9. The highest BCUT2D eigenvalue weighted by Gasteiger charge is 2.28. The van der Waals surface area contributed by atoms with Gasteiger partial charge in [0.05, 0.1) is 12.6 Å². The minimum atomic E-state index is -1.15. The SMILES string of the molecule is CSCCC(N)C(=O)NCC(=O)NC(Cc1ccccc1)C(=O)NC(C(=O)O)C(C)C. The van der Waals surface area contributed by atoms with Crippen molar-refractivity contribution in [3.63, 3.8) is 0 Å². The molecule has 10 heteroatoms. The molecule has 0 spiro atoms. The second-order valence-electron chi connectivity index (χ2n) is 7.48. The molecule has 1 aromatic rings. The Bertz CT molecular complexity index is 745. The van der Waals surface area contributed by atoms with Crippen LogP contribution in [0.5, 0.6) is 0 Å². The predicted octanol–water partition coefficient (Wildman–Crippen LogP) is 0.136. The monoisotopic (exact) mass is 452 g/mol. The summed E-state index contributed by atoms with van der Waals surface area (Å²) in [4.78, 5) is 48.6. The van der Waals surface area contributed by atoms with Crippen LogP contribution in [-0.4, -0.2) is 65.5 Å². The number of thioether (sulfide) groups is 1. The van der Waals surface area contributed by atoms with Crippen LogP contribution in [-0.2, 0) is 25.6 Å². The molecule has 0 saturated heterocycles. The van der Waals surface area contributed by atoms with Crippen LogP contribution in [0.2, 0.25) is 0 Å². The van der Waals surface area contributed by atoms with Gasteiger partial charge in [-0.2, -0.15) is 11.8 Å². The first-order valence-electron chi connectivity index (χ1n) is 10.0. The van der Waals surface area contributed by atoms with Crippen LogP contribution in [0.25, 0.3) is 0 Å². The number of carbonyl (C=O) groups excluding carboxylic acids is 3. The van der Waals surface area contributed by atoms with Crippen molar-refractivity contribution < 1.29 is 24.3 Å². The van der Waals surface area contributed by atoms with E-state index in [1.807, 2.05) is 12.3 Å². The summed E-state index contributed by atoms with van der Waals surface area (Å²) in [7, 11) is 0. The molecule has 0 fully saturated rings. The van der Waals surface area contributed by atoms with Crippen LogP contribution in [0.15, 0.2) is 30.3 Å². The summed E-state index contributed by atoms with van der Waals surface area (Å²) in [6.07, 6.45) is 2.56. The number of carboxylic acid groups (broad SMARTS) is 1. The highest BCUT2D eigenvalue weighted by atomic mass is 32.2. The fourth-order valence-electron chi connectivity index (χ4n) is 2.75. The molecule has 31 heavy (non-hydrogen) atoms. The van der Waals surface area contributed by atoms with Gasteiger partial charge in [-0.05, 0) is 29.9 Å². The molecule has 0 aliphatic heterocycles. The first-order valence-corrected chi connectivity index (χ1v) is 11.4. The van der Waals surface area contributed by atoms with Gasteiger partial charge in [-0.15, -0.1) is 0 Å². The van der Waals surface area contributed by atoms with E-state index in [0.717, 1.165) is 11.3 Å². The van der Waals surface area contributed by atoms with Gasteiger partial charge in [0.1, 0.15) is 12.1 Å². The van der Waals surface area contributed by atoms with E-state index in [4.69, 9.17) is 5.73 Å². The Morgan fingerprint density at radius 2 is 1.71 bits per heavy atom. The Balaban J connectivity index is 2.79. The van der Waals surface area contributed by atoms with Crippen LogP contribution >= 0.6 is 11.8 Å². The lowest BCUT2D eigenvalue weighted by molar-refractivity contribution is -0.143. The molecule has 0 heterocycles. The molecule has 0 aliphatic rings. The summed E-state index contributed by atoms with van der Waals surface area (Å²) >= 11 is 1.57. The van der Waals surface area contributed by atoms with Gasteiger partial charge < -0.3 is 26.8 Å². The molecule has 0 aromatic heterocycles. The zero-order valence-corrected chi connectivity index (χ0v) is 18.9.